The van der Waals surface area contributed by atoms with Gasteiger partial charge in [0.1, 0.15) is 0 Å². The van der Waals surface area contributed by atoms with Crippen molar-refractivity contribution >= 4 is 23.2 Å². The lowest BCUT2D eigenvalue weighted by Gasteiger charge is -1.90. The van der Waals surface area contributed by atoms with Crippen molar-refractivity contribution in [3.05, 3.63) is 22.4 Å². The molecule has 0 bridgehead atoms. The van der Waals surface area contributed by atoms with E-state index in [2.05, 4.69) is 0 Å². The first-order valence-electron chi connectivity index (χ1n) is 4.97. The van der Waals surface area contributed by atoms with Crippen molar-refractivity contribution < 1.29 is 14.7 Å². The maximum absolute atomic E-state index is 10.1. The Bertz CT molecular complexity index is 320. The van der Waals surface area contributed by atoms with E-state index in [1.807, 2.05) is 17.5 Å². The second-order valence-electron chi connectivity index (χ2n) is 3.53. The van der Waals surface area contributed by atoms with Gasteiger partial charge in [-0.05, 0) is 17.9 Å². The Kier molecular flexibility index (Phi) is 7.20. The maximum Gasteiger partial charge on any atom is 0.303 e. The predicted octanol–water partition coefficient (Wildman–Crippen LogP) is 1.89. The average molecular weight is 243 g/mol. The van der Waals surface area contributed by atoms with Crippen LogP contribution in [0.5, 0.6) is 0 Å². The molecule has 16 heavy (non-hydrogen) atoms. The van der Waals surface area contributed by atoms with Gasteiger partial charge < -0.3 is 10.8 Å². The van der Waals surface area contributed by atoms with Crippen LogP contribution in [0.4, 0.5) is 0 Å². The van der Waals surface area contributed by atoms with E-state index in [0.717, 1.165) is 4.88 Å². The van der Waals surface area contributed by atoms with Crippen LogP contribution >= 0.6 is 11.3 Å². The van der Waals surface area contributed by atoms with E-state index in [0.29, 0.717) is 6.42 Å². The van der Waals surface area contributed by atoms with Gasteiger partial charge in [-0.3, -0.25) is 9.59 Å². The molecule has 0 radical (unpaired) electrons. The van der Waals surface area contributed by atoms with Gasteiger partial charge in [-0.2, -0.15) is 0 Å². The lowest BCUT2D eigenvalue weighted by atomic mass is 10.2. The molecular formula is C11H17NO3S. The molecular weight excluding hydrogens is 226 g/mol. The monoisotopic (exact) mass is 243 g/mol. The Morgan fingerprint density at radius 2 is 2.06 bits per heavy atom. The minimum absolute atomic E-state index is 0.00926. The number of primary amides is 1. The quantitative estimate of drug-likeness (QED) is 0.847. The summed E-state index contributed by atoms with van der Waals surface area (Å²) in [6.07, 6.45) is 0.896. The second-order valence-corrected chi connectivity index (χ2v) is 4.56. The summed E-state index contributed by atoms with van der Waals surface area (Å²) in [6.45, 7) is 3.53. The van der Waals surface area contributed by atoms with Gasteiger partial charge in [0.2, 0.25) is 5.91 Å². The van der Waals surface area contributed by atoms with Gasteiger partial charge in [-0.1, -0.05) is 19.9 Å². The van der Waals surface area contributed by atoms with Crippen molar-refractivity contribution in [1.29, 1.82) is 0 Å². The van der Waals surface area contributed by atoms with E-state index >= 15 is 0 Å². The zero-order valence-electron chi connectivity index (χ0n) is 9.47. The van der Waals surface area contributed by atoms with E-state index in [4.69, 9.17) is 10.8 Å². The van der Waals surface area contributed by atoms with Crippen LogP contribution < -0.4 is 5.73 Å². The van der Waals surface area contributed by atoms with Crippen molar-refractivity contribution in [1.82, 2.24) is 0 Å². The molecule has 3 N–H and O–H groups in total. The largest absolute Gasteiger partial charge is 0.481 e. The normalized spacial score (nSPS) is 9.44. The summed E-state index contributed by atoms with van der Waals surface area (Å²) >= 11 is 1.60. The number of amides is 1. The molecule has 0 aromatic carbocycles. The number of hydrogen-bond donors (Lipinski definition) is 2. The minimum Gasteiger partial charge on any atom is -0.481 e. The highest BCUT2D eigenvalue weighted by atomic mass is 32.1. The smallest absolute Gasteiger partial charge is 0.303 e. The van der Waals surface area contributed by atoms with E-state index < -0.39 is 5.97 Å². The van der Waals surface area contributed by atoms with Crippen LogP contribution in [0, 0.1) is 5.92 Å². The number of hydrogen-bond acceptors (Lipinski definition) is 3. The first kappa shape index (κ1) is 14.6. The summed E-state index contributed by atoms with van der Waals surface area (Å²) in [4.78, 5) is 21.2. The number of aryl methyl sites for hydroxylation is 1. The molecule has 0 aliphatic carbocycles. The first-order valence-corrected chi connectivity index (χ1v) is 5.85. The Balaban J connectivity index is 0.000000325. The Hall–Kier alpha value is -1.36. The van der Waals surface area contributed by atoms with Crippen LogP contribution in [-0.2, 0) is 16.0 Å². The van der Waals surface area contributed by atoms with Crippen molar-refractivity contribution in [2.24, 2.45) is 11.7 Å². The molecule has 5 heteroatoms. The highest BCUT2D eigenvalue weighted by Crippen LogP contribution is 2.10. The fourth-order valence-electron chi connectivity index (χ4n) is 0.685. The number of thiophene rings is 1. The lowest BCUT2D eigenvalue weighted by molar-refractivity contribution is -0.137. The van der Waals surface area contributed by atoms with Gasteiger partial charge in [0.05, 0.1) is 6.42 Å². The number of carboxylic acids is 1. The topological polar surface area (TPSA) is 80.4 Å². The molecule has 1 amide bonds. The van der Waals surface area contributed by atoms with Crippen LogP contribution in [0.15, 0.2) is 17.5 Å². The van der Waals surface area contributed by atoms with E-state index in [-0.39, 0.29) is 18.2 Å². The molecule has 0 spiro atoms. The Morgan fingerprint density at radius 3 is 2.38 bits per heavy atom. The molecule has 0 unspecified atom stereocenters. The van der Waals surface area contributed by atoms with E-state index in [1.54, 1.807) is 25.2 Å². The third-order valence-electron chi connectivity index (χ3n) is 1.73. The molecule has 0 saturated carbocycles. The molecule has 1 heterocycles. The highest BCUT2D eigenvalue weighted by Gasteiger charge is 1.98. The summed E-state index contributed by atoms with van der Waals surface area (Å²) in [5.41, 5.74) is 4.80. The van der Waals surface area contributed by atoms with Gasteiger partial charge in [-0.15, -0.1) is 11.3 Å². The van der Waals surface area contributed by atoms with E-state index in [9.17, 15) is 9.59 Å². The summed E-state index contributed by atoms with van der Waals surface area (Å²) in [5.74, 6) is -0.978. The predicted molar refractivity (Wildman–Crippen MR) is 64.3 cm³/mol. The summed E-state index contributed by atoms with van der Waals surface area (Å²) < 4.78 is 0. The SMILES string of the molecule is CC(C)C(N)=O.O=C(O)CCc1cccs1. The molecule has 0 aliphatic rings. The Morgan fingerprint density at radius 1 is 1.50 bits per heavy atom. The average Bonchev–Trinajstić information content (AvgIpc) is 2.67. The van der Waals surface area contributed by atoms with Crippen molar-refractivity contribution in [2.45, 2.75) is 26.7 Å². The molecule has 0 atom stereocenters. The summed E-state index contributed by atoms with van der Waals surface area (Å²) in [5, 5.41) is 10.3. The Labute approximate surface area is 99.1 Å². The third-order valence-corrected chi connectivity index (χ3v) is 2.67. The fraction of sp³-hybridized carbons (Fsp3) is 0.455. The van der Waals surface area contributed by atoms with Crippen molar-refractivity contribution in [2.75, 3.05) is 0 Å². The first-order chi connectivity index (χ1) is 7.43. The lowest BCUT2D eigenvalue weighted by Crippen LogP contribution is -2.17. The number of nitrogens with two attached hydrogens (primary N) is 1. The van der Waals surface area contributed by atoms with Crippen LogP contribution in [0.2, 0.25) is 0 Å². The summed E-state index contributed by atoms with van der Waals surface area (Å²) in [7, 11) is 0. The zero-order chi connectivity index (χ0) is 12.6. The standard InChI is InChI=1S/C7H8O2S.C4H9NO/c8-7(9)4-3-6-2-1-5-10-6;1-3(2)4(5)6/h1-2,5H,3-4H2,(H,8,9);3H,1-2H3,(H2,5,6). The number of rotatable bonds is 4. The second kappa shape index (κ2) is 7.87. The van der Waals surface area contributed by atoms with Crippen LogP contribution in [0.3, 0.4) is 0 Å². The molecule has 0 saturated heterocycles. The van der Waals surface area contributed by atoms with Gasteiger partial charge in [0.15, 0.2) is 0 Å². The minimum atomic E-state index is -0.728. The highest BCUT2D eigenvalue weighted by molar-refractivity contribution is 7.09. The van der Waals surface area contributed by atoms with Crippen LogP contribution in [0.25, 0.3) is 0 Å². The molecule has 4 nitrogen and oxygen atoms in total. The molecule has 1 rings (SSSR count). The molecule has 0 fully saturated rings. The van der Waals surface area contributed by atoms with Crippen molar-refractivity contribution in [3.63, 3.8) is 0 Å². The third kappa shape index (κ3) is 7.99. The van der Waals surface area contributed by atoms with Gasteiger partial charge in [0.25, 0.3) is 0 Å². The van der Waals surface area contributed by atoms with Gasteiger partial charge >= 0.3 is 5.97 Å². The number of carboxylic acid groups (broad SMARTS) is 1. The molecule has 90 valence electrons. The van der Waals surface area contributed by atoms with Crippen LogP contribution in [-0.4, -0.2) is 17.0 Å². The summed E-state index contributed by atoms with van der Waals surface area (Å²) in [6, 6.07) is 3.88. The van der Waals surface area contributed by atoms with Gasteiger partial charge in [-0.25, -0.2) is 0 Å². The molecule has 1 aromatic heterocycles. The van der Waals surface area contributed by atoms with Crippen molar-refractivity contribution in [3.8, 4) is 0 Å². The molecule has 0 aliphatic heterocycles. The number of carbonyl (C=O) groups excluding carboxylic acids is 1. The van der Waals surface area contributed by atoms with E-state index in [1.165, 1.54) is 0 Å². The zero-order valence-corrected chi connectivity index (χ0v) is 10.3. The molecule has 1 aromatic rings. The van der Waals surface area contributed by atoms with Gasteiger partial charge in [0, 0.05) is 10.8 Å². The fourth-order valence-corrected chi connectivity index (χ4v) is 1.39. The maximum atomic E-state index is 10.1. The van der Waals surface area contributed by atoms with Crippen LogP contribution in [0.1, 0.15) is 25.1 Å². The number of aliphatic carboxylic acids is 1. The number of carbonyl (C=O) groups is 2.